The Hall–Kier alpha value is -2.25. The Morgan fingerprint density at radius 1 is 1.39 bits per heavy atom. The van der Waals surface area contributed by atoms with Crippen molar-refractivity contribution < 1.29 is 18.3 Å². The number of benzene rings is 1. The maximum absolute atomic E-state index is 13.7. The van der Waals surface area contributed by atoms with Gasteiger partial charge in [0.05, 0.1) is 10.4 Å². The molecule has 0 spiro atoms. The van der Waals surface area contributed by atoms with Gasteiger partial charge in [-0.2, -0.15) is 0 Å². The summed E-state index contributed by atoms with van der Waals surface area (Å²) in [7, 11) is 0. The van der Waals surface area contributed by atoms with Gasteiger partial charge in [-0.05, 0) is 36.6 Å². The van der Waals surface area contributed by atoms with Gasteiger partial charge in [-0.3, -0.25) is 0 Å². The second kappa shape index (κ2) is 6.47. The minimum atomic E-state index is -0.831. The number of nitrogens with zero attached hydrogens (tertiary/aromatic N) is 2. The van der Waals surface area contributed by atoms with E-state index >= 15 is 0 Å². The summed E-state index contributed by atoms with van der Waals surface area (Å²) in [6, 6.07) is 7.41. The van der Waals surface area contributed by atoms with E-state index in [0.717, 1.165) is 10.9 Å². The second-order valence-corrected chi connectivity index (χ2v) is 5.98. The minimum absolute atomic E-state index is 0.135. The molecule has 2 aromatic heterocycles. The molecule has 0 aliphatic rings. The molecule has 0 radical (unpaired) electrons. The van der Waals surface area contributed by atoms with Crippen molar-refractivity contribution in [3.8, 4) is 10.8 Å². The zero-order valence-electron chi connectivity index (χ0n) is 11.8. The fourth-order valence-corrected chi connectivity index (χ4v) is 2.63. The van der Waals surface area contributed by atoms with E-state index in [0.29, 0.717) is 5.89 Å². The van der Waals surface area contributed by atoms with Crippen LogP contribution < -0.4 is 0 Å². The van der Waals surface area contributed by atoms with Gasteiger partial charge in [0.25, 0.3) is 11.8 Å². The number of ether oxygens (including phenoxy) is 1. The van der Waals surface area contributed by atoms with Crippen LogP contribution in [-0.2, 0) is 4.74 Å². The fraction of sp³-hybridized carbons (Fsp3) is 0.133. The highest BCUT2D eigenvalue weighted by molar-refractivity contribution is 7.13. The van der Waals surface area contributed by atoms with Crippen LogP contribution in [0.4, 0.5) is 4.39 Å². The number of thiophene rings is 1. The lowest BCUT2D eigenvalue weighted by atomic mass is 10.2. The Kier molecular flexibility index (Phi) is 4.40. The zero-order chi connectivity index (χ0) is 16.4. The van der Waals surface area contributed by atoms with E-state index in [1.807, 2.05) is 17.5 Å². The fourth-order valence-electron chi connectivity index (χ4n) is 1.83. The molecule has 0 amide bonds. The first-order valence-corrected chi connectivity index (χ1v) is 7.83. The lowest BCUT2D eigenvalue weighted by Crippen LogP contribution is -2.11. The van der Waals surface area contributed by atoms with Crippen molar-refractivity contribution in [3.63, 3.8) is 0 Å². The zero-order valence-corrected chi connectivity index (χ0v) is 13.4. The average molecular weight is 353 g/mol. The molecule has 0 saturated heterocycles. The van der Waals surface area contributed by atoms with Crippen molar-refractivity contribution in [2.45, 2.75) is 13.0 Å². The quantitative estimate of drug-likeness (QED) is 0.646. The second-order valence-electron chi connectivity index (χ2n) is 4.59. The summed E-state index contributed by atoms with van der Waals surface area (Å²) < 4.78 is 24.3. The van der Waals surface area contributed by atoms with Crippen molar-refractivity contribution >= 4 is 28.9 Å². The van der Waals surface area contributed by atoms with Crippen LogP contribution in [0.3, 0.4) is 0 Å². The highest BCUT2D eigenvalue weighted by Crippen LogP contribution is 2.26. The molecule has 0 fully saturated rings. The lowest BCUT2D eigenvalue weighted by Gasteiger charge is -2.09. The summed E-state index contributed by atoms with van der Waals surface area (Å²) in [4.78, 5) is 12.8. The van der Waals surface area contributed by atoms with Crippen LogP contribution in [0.25, 0.3) is 10.8 Å². The molecule has 118 valence electrons. The number of hydrogen-bond donors (Lipinski definition) is 0. The van der Waals surface area contributed by atoms with Gasteiger partial charge in [0, 0.05) is 5.02 Å². The van der Waals surface area contributed by atoms with E-state index in [1.54, 1.807) is 6.92 Å². The molecule has 3 rings (SSSR count). The molecule has 0 bridgehead atoms. The molecule has 0 N–H and O–H groups in total. The molecule has 5 nitrogen and oxygen atoms in total. The molecule has 0 aliphatic carbocycles. The molecule has 0 saturated carbocycles. The van der Waals surface area contributed by atoms with E-state index in [1.165, 1.54) is 23.5 Å². The first kappa shape index (κ1) is 15.6. The van der Waals surface area contributed by atoms with E-state index in [2.05, 4.69) is 10.2 Å². The highest BCUT2D eigenvalue weighted by Gasteiger charge is 2.22. The summed E-state index contributed by atoms with van der Waals surface area (Å²) in [5.41, 5.74) is -0.209. The molecule has 0 aliphatic heterocycles. The van der Waals surface area contributed by atoms with Crippen LogP contribution in [0.15, 0.2) is 40.1 Å². The Balaban J connectivity index is 1.74. The Labute approximate surface area is 139 Å². The molecular formula is C15H10ClFN2O3S. The molecule has 1 aromatic carbocycles. The molecular weight excluding hydrogens is 343 g/mol. The third-order valence-electron chi connectivity index (χ3n) is 2.96. The summed E-state index contributed by atoms with van der Waals surface area (Å²) in [6.07, 6.45) is -0.807. The first-order valence-electron chi connectivity index (χ1n) is 6.58. The molecule has 1 unspecified atom stereocenters. The van der Waals surface area contributed by atoms with Gasteiger partial charge in [-0.1, -0.05) is 17.7 Å². The highest BCUT2D eigenvalue weighted by atomic mass is 35.5. The van der Waals surface area contributed by atoms with Crippen molar-refractivity contribution in [3.05, 3.63) is 58.0 Å². The average Bonchev–Trinajstić information content (AvgIpc) is 3.18. The van der Waals surface area contributed by atoms with Crippen molar-refractivity contribution in [2.24, 2.45) is 0 Å². The molecule has 23 heavy (non-hydrogen) atoms. The number of aromatic nitrogens is 2. The Bertz CT molecular complexity index is 835. The Morgan fingerprint density at radius 3 is 2.91 bits per heavy atom. The van der Waals surface area contributed by atoms with Crippen LogP contribution in [-0.4, -0.2) is 16.2 Å². The van der Waals surface area contributed by atoms with Crippen LogP contribution >= 0.6 is 22.9 Å². The SMILES string of the molecule is CC(OC(=O)c1ccc(Cl)cc1F)c1nnc(-c2cccs2)o1. The summed E-state index contributed by atoms with van der Waals surface area (Å²) >= 11 is 7.10. The Morgan fingerprint density at radius 2 is 2.22 bits per heavy atom. The summed E-state index contributed by atoms with van der Waals surface area (Å²) in [6.45, 7) is 1.57. The van der Waals surface area contributed by atoms with Crippen LogP contribution in [0.5, 0.6) is 0 Å². The maximum atomic E-state index is 13.7. The monoisotopic (exact) mass is 352 g/mol. The molecule has 8 heteroatoms. The van der Waals surface area contributed by atoms with Crippen molar-refractivity contribution in [2.75, 3.05) is 0 Å². The number of carbonyl (C=O) groups is 1. The van der Waals surface area contributed by atoms with Crippen molar-refractivity contribution in [1.82, 2.24) is 10.2 Å². The summed E-state index contributed by atoms with van der Waals surface area (Å²) in [5, 5.41) is 9.83. The number of rotatable bonds is 4. The predicted octanol–water partition coefficient (Wildman–Crippen LogP) is 4.51. The van der Waals surface area contributed by atoms with Crippen LogP contribution in [0.1, 0.15) is 29.3 Å². The summed E-state index contributed by atoms with van der Waals surface area (Å²) in [5.74, 6) is -1.10. The number of carbonyl (C=O) groups excluding carboxylic acids is 1. The largest absolute Gasteiger partial charge is 0.449 e. The molecule has 2 heterocycles. The van der Waals surface area contributed by atoms with Crippen LogP contribution in [0.2, 0.25) is 5.02 Å². The van der Waals surface area contributed by atoms with Gasteiger partial charge in [0.2, 0.25) is 0 Å². The van der Waals surface area contributed by atoms with Gasteiger partial charge >= 0.3 is 5.97 Å². The predicted molar refractivity (Wildman–Crippen MR) is 82.9 cm³/mol. The van der Waals surface area contributed by atoms with Gasteiger partial charge in [0.15, 0.2) is 6.10 Å². The van der Waals surface area contributed by atoms with E-state index in [4.69, 9.17) is 20.8 Å². The molecule has 3 aromatic rings. The number of esters is 1. The van der Waals surface area contributed by atoms with Crippen LogP contribution in [0, 0.1) is 5.82 Å². The third-order valence-corrected chi connectivity index (χ3v) is 4.05. The van der Waals surface area contributed by atoms with Gasteiger partial charge in [-0.25, -0.2) is 9.18 Å². The topological polar surface area (TPSA) is 65.2 Å². The number of hydrogen-bond acceptors (Lipinski definition) is 6. The lowest BCUT2D eigenvalue weighted by molar-refractivity contribution is 0.0274. The van der Waals surface area contributed by atoms with Gasteiger partial charge < -0.3 is 9.15 Å². The van der Waals surface area contributed by atoms with E-state index in [9.17, 15) is 9.18 Å². The van der Waals surface area contributed by atoms with Gasteiger partial charge in [0.1, 0.15) is 5.82 Å². The smallest absolute Gasteiger partial charge is 0.341 e. The molecule has 1 atom stereocenters. The van der Waals surface area contributed by atoms with E-state index < -0.39 is 17.9 Å². The number of halogens is 2. The van der Waals surface area contributed by atoms with Gasteiger partial charge in [-0.15, -0.1) is 21.5 Å². The standard InChI is InChI=1S/C15H10ClFN2O3S/c1-8(13-18-19-14(22-13)12-3-2-6-23-12)21-15(20)10-5-4-9(16)7-11(10)17/h2-8H,1H3. The minimum Gasteiger partial charge on any atom is -0.449 e. The van der Waals surface area contributed by atoms with E-state index in [-0.39, 0.29) is 16.5 Å². The first-order chi connectivity index (χ1) is 11.0. The normalized spacial score (nSPS) is 12.1. The third kappa shape index (κ3) is 3.40. The van der Waals surface area contributed by atoms with Crippen molar-refractivity contribution in [1.29, 1.82) is 0 Å². The maximum Gasteiger partial charge on any atom is 0.341 e.